The van der Waals surface area contributed by atoms with Gasteiger partial charge in [-0.15, -0.1) is 0 Å². The molecule has 102 valence electrons. The number of piperazine rings is 1. The van der Waals surface area contributed by atoms with Gasteiger partial charge in [-0.25, -0.2) is 0 Å². The van der Waals surface area contributed by atoms with Crippen molar-refractivity contribution in [3.05, 3.63) is 65.2 Å². The minimum Gasteiger partial charge on any atom is -0.354 e. The molecule has 0 radical (unpaired) electrons. The second kappa shape index (κ2) is 5.55. The van der Waals surface area contributed by atoms with Crippen molar-refractivity contribution in [2.45, 2.75) is 6.04 Å². The zero-order chi connectivity index (χ0) is 13.9. The molecule has 4 heteroatoms. The van der Waals surface area contributed by atoms with Gasteiger partial charge in [0.2, 0.25) is 5.91 Å². The molecule has 3 rings (SSSR count). The molecule has 0 bridgehead atoms. The number of halogens is 1. The Kier molecular flexibility index (Phi) is 3.61. The molecule has 1 amide bonds. The van der Waals surface area contributed by atoms with Gasteiger partial charge >= 0.3 is 0 Å². The predicted octanol–water partition coefficient (Wildman–Crippen LogP) is 3.02. The minimum atomic E-state index is -0.286. The summed E-state index contributed by atoms with van der Waals surface area (Å²) in [6.07, 6.45) is 0. The number of carbonyl (C=O) groups is 1. The van der Waals surface area contributed by atoms with Crippen LogP contribution in [0.1, 0.15) is 11.6 Å². The van der Waals surface area contributed by atoms with Crippen LogP contribution in [-0.2, 0) is 4.79 Å². The third-order valence-electron chi connectivity index (χ3n) is 3.49. The number of carbonyl (C=O) groups excluding carboxylic acids is 1. The Hall–Kier alpha value is -2.00. The number of amides is 1. The van der Waals surface area contributed by atoms with Crippen LogP contribution >= 0.6 is 11.6 Å². The van der Waals surface area contributed by atoms with Crippen molar-refractivity contribution in [3.8, 4) is 0 Å². The van der Waals surface area contributed by atoms with Crippen LogP contribution in [0.2, 0.25) is 5.02 Å². The van der Waals surface area contributed by atoms with Crippen LogP contribution < -0.4 is 10.2 Å². The Balaban J connectivity index is 1.98. The summed E-state index contributed by atoms with van der Waals surface area (Å²) in [5, 5.41) is 3.64. The van der Waals surface area contributed by atoms with Crippen molar-refractivity contribution in [2.24, 2.45) is 0 Å². The van der Waals surface area contributed by atoms with Crippen molar-refractivity contribution >= 4 is 23.2 Å². The second-order valence-corrected chi connectivity index (χ2v) is 5.21. The molecule has 0 aliphatic carbocycles. The molecule has 20 heavy (non-hydrogen) atoms. The monoisotopic (exact) mass is 286 g/mol. The van der Waals surface area contributed by atoms with Crippen LogP contribution in [-0.4, -0.2) is 19.0 Å². The summed E-state index contributed by atoms with van der Waals surface area (Å²) in [6.45, 7) is 1.44. The zero-order valence-electron chi connectivity index (χ0n) is 10.9. The molecule has 1 saturated heterocycles. The van der Waals surface area contributed by atoms with E-state index in [1.54, 1.807) is 0 Å². The molecule has 1 heterocycles. The number of benzene rings is 2. The van der Waals surface area contributed by atoms with Gasteiger partial charge in [-0.05, 0) is 29.8 Å². The molecule has 1 aliphatic heterocycles. The number of hydrogen-bond acceptors (Lipinski definition) is 2. The molecular weight excluding hydrogens is 272 g/mol. The van der Waals surface area contributed by atoms with E-state index in [0.29, 0.717) is 11.6 Å². The molecule has 1 N–H and O–H groups in total. The lowest BCUT2D eigenvalue weighted by Gasteiger charge is -2.37. The number of nitrogens with one attached hydrogen (secondary N) is 1. The Morgan fingerprint density at radius 3 is 2.45 bits per heavy atom. The Bertz CT molecular complexity index is 598. The lowest BCUT2D eigenvalue weighted by Crippen LogP contribution is -2.50. The quantitative estimate of drug-likeness (QED) is 0.920. The van der Waals surface area contributed by atoms with Crippen LogP contribution in [0, 0.1) is 0 Å². The van der Waals surface area contributed by atoms with Crippen molar-refractivity contribution in [1.82, 2.24) is 5.32 Å². The SMILES string of the molecule is O=C1NCCN(c2ccc(Cl)cc2)C1c1ccccc1. The number of anilines is 1. The number of nitrogens with zero attached hydrogens (tertiary/aromatic N) is 1. The van der Waals surface area contributed by atoms with Crippen LogP contribution in [0.5, 0.6) is 0 Å². The van der Waals surface area contributed by atoms with Crippen molar-refractivity contribution in [2.75, 3.05) is 18.0 Å². The first-order valence-electron chi connectivity index (χ1n) is 6.60. The fraction of sp³-hybridized carbons (Fsp3) is 0.188. The van der Waals surface area contributed by atoms with Crippen molar-refractivity contribution in [3.63, 3.8) is 0 Å². The topological polar surface area (TPSA) is 32.3 Å². The summed E-state index contributed by atoms with van der Waals surface area (Å²) in [7, 11) is 0. The average molecular weight is 287 g/mol. The molecule has 0 aromatic heterocycles. The Morgan fingerprint density at radius 2 is 1.75 bits per heavy atom. The van der Waals surface area contributed by atoms with Crippen LogP contribution in [0.25, 0.3) is 0 Å². The molecule has 3 nitrogen and oxygen atoms in total. The summed E-state index contributed by atoms with van der Waals surface area (Å²) in [5.41, 5.74) is 2.01. The van der Waals surface area contributed by atoms with E-state index in [1.807, 2.05) is 54.6 Å². The summed E-state index contributed by atoms with van der Waals surface area (Å²) >= 11 is 5.93. The van der Waals surface area contributed by atoms with Crippen LogP contribution in [0.3, 0.4) is 0 Å². The third-order valence-corrected chi connectivity index (χ3v) is 3.74. The van der Waals surface area contributed by atoms with Gasteiger partial charge in [-0.2, -0.15) is 0 Å². The third kappa shape index (κ3) is 2.49. The molecule has 2 aromatic carbocycles. The summed E-state index contributed by atoms with van der Waals surface area (Å²) in [6, 6.07) is 17.2. The Morgan fingerprint density at radius 1 is 1.05 bits per heavy atom. The van der Waals surface area contributed by atoms with Crippen molar-refractivity contribution in [1.29, 1.82) is 0 Å². The number of hydrogen-bond donors (Lipinski definition) is 1. The normalized spacial score (nSPS) is 18.8. The summed E-state index contributed by atoms with van der Waals surface area (Å²) in [5.74, 6) is 0.0393. The highest BCUT2D eigenvalue weighted by Gasteiger charge is 2.31. The second-order valence-electron chi connectivity index (χ2n) is 4.77. The molecule has 1 atom stereocenters. The van der Waals surface area contributed by atoms with Gasteiger partial charge in [0, 0.05) is 23.8 Å². The van der Waals surface area contributed by atoms with Gasteiger partial charge in [0.1, 0.15) is 6.04 Å². The van der Waals surface area contributed by atoms with Gasteiger partial charge in [0.25, 0.3) is 0 Å². The van der Waals surface area contributed by atoms with Crippen LogP contribution in [0.4, 0.5) is 5.69 Å². The van der Waals surface area contributed by atoms with Crippen LogP contribution in [0.15, 0.2) is 54.6 Å². The fourth-order valence-corrected chi connectivity index (χ4v) is 2.67. The molecule has 2 aromatic rings. The molecular formula is C16H15ClN2O. The van der Waals surface area contributed by atoms with E-state index in [0.717, 1.165) is 17.8 Å². The molecule has 1 unspecified atom stereocenters. The standard InChI is InChI=1S/C16H15ClN2O/c17-13-6-8-14(9-7-13)19-11-10-18-16(20)15(19)12-4-2-1-3-5-12/h1-9,15H,10-11H2,(H,18,20). The number of rotatable bonds is 2. The molecule has 0 spiro atoms. The first kappa shape index (κ1) is 13.0. The lowest BCUT2D eigenvalue weighted by atomic mass is 10.0. The first-order valence-corrected chi connectivity index (χ1v) is 6.98. The maximum atomic E-state index is 12.3. The summed E-state index contributed by atoms with van der Waals surface area (Å²) < 4.78 is 0. The predicted molar refractivity (Wildman–Crippen MR) is 81.0 cm³/mol. The Labute approximate surface area is 123 Å². The van der Waals surface area contributed by atoms with E-state index >= 15 is 0 Å². The lowest BCUT2D eigenvalue weighted by molar-refractivity contribution is -0.123. The highest BCUT2D eigenvalue weighted by molar-refractivity contribution is 6.30. The fourth-order valence-electron chi connectivity index (χ4n) is 2.54. The van der Waals surface area contributed by atoms with Gasteiger partial charge in [0.15, 0.2) is 0 Å². The maximum Gasteiger partial charge on any atom is 0.247 e. The smallest absolute Gasteiger partial charge is 0.247 e. The highest BCUT2D eigenvalue weighted by Crippen LogP contribution is 2.29. The minimum absolute atomic E-state index is 0.0393. The van der Waals surface area contributed by atoms with Crippen molar-refractivity contribution < 1.29 is 4.79 Å². The van der Waals surface area contributed by atoms with Gasteiger partial charge < -0.3 is 10.2 Å². The van der Waals surface area contributed by atoms with E-state index in [-0.39, 0.29) is 11.9 Å². The average Bonchev–Trinajstić information content (AvgIpc) is 2.49. The van der Waals surface area contributed by atoms with Gasteiger partial charge in [-0.3, -0.25) is 4.79 Å². The van der Waals surface area contributed by atoms with E-state index in [2.05, 4.69) is 10.2 Å². The van der Waals surface area contributed by atoms with Gasteiger partial charge in [0.05, 0.1) is 0 Å². The van der Waals surface area contributed by atoms with E-state index < -0.39 is 0 Å². The molecule has 0 saturated carbocycles. The summed E-state index contributed by atoms with van der Waals surface area (Å²) in [4.78, 5) is 14.4. The molecule has 1 aliphatic rings. The first-order chi connectivity index (χ1) is 9.75. The molecule has 1 fully saturated rings. The van der Waals surface area contributed by atoms with Gasteiger partial charge in [-0.1, -0.05) is 41.9 Å². The highest BCUT2D eigenvalue weighted by atomic mass is 35.5. The van der Waals surface area contributed by atoms with E-state index in [4.69, 9.17) is 11.6 Å². The largest absolute Gasteiger partial charge is 0.354 e. The van der Waals surface area contributed by atoms with E-state index in [9.17, 15) is 4.79 Å². The van der Waals surface area contributed by atoms with E-state index in [1.165, 1.54) is 0 Å². The maximum absolute atomic E-state index is 12.3. The zero-order valence-corrected chi connectivity index (χ0v) is 11.7.